The van der Waals surface area contributed by atoms with Crippen LogP contribution in [-0.4, -0.2) is 23.5 Å². The van der Waals surface area contributed by atoms with Gasteiger partial charge in [-0.15, -0.1) is 0 Å². The summed E-state index contributed by atoms with van der Waals surface area (Å²) in [5.74, 6) is 1.65. The third-order valence-corrected chi connectivity index (χ3v) is 4.83. The second kappa shape index (κ2) is 6.66. The number of nitrogens with one attached hydrogen (secondary N) is 1. The topological polar surface area (TPSA) is 24.4 Å². The molecule has 1 aliphatic rings. The Morgan fingerprint density at radius 1 is 1.30 bits per heavy atom. The van der Waals surface area contributed by atoms with Crippen LogP contribution < -0.4 is 5.32 Å². The smallest absolute Gasteiger partial charge is 0.156 e. The minimum Gasteiger partial charge on any atom is -0.362 e. The van der Waals surface area contributed by atoms with E-state index >= 15 is 0 Å². The molecule has 3 heteroatoms. The minimum absolute atomic E-state index is 0.298. The van der Waals surface area contributed by atoms with E-state index in [1.54, 1.807) is 0 Å². The standard InChI is InChI=1S/C17H26N2S/c1-13(14-8-6-5-7-9-14)12-18-16-19-15(10-11-20-16)17(2,3)4/h5-9,13,15H,10-12H2,1-4H3,(H,18,19). The van der Waals surface area contributed by atoms with E-state index in [2.05, 4.69) is 63.3 Å². The third-order valence-electron chi connectivity index (χ3n) is 3.87. The molecule has 1 aromatic rings. The summed E-state index contributed by atoms with van der Waals surface area (Å²) in [6.45, 7) is 9.99. The van der Waals surface area contributed by atoms with Gasteiger partial charge in [0, 0.05) is 24.3 Å². The fraction of sp³-hybridized carbons (Fsp3) is 0.588. The lowest BCUT2D eigenvalue weighted by molar-refractivity contribution is 0.290. The Morgan fingerprint density at radius 3 is 2.65 bits per heavy atom. The molecule has 2 rings (SSSR count). The van der Waals surface area contributed by atoms with E-state index in [4.69, 9.17) is 4.99 Å². The van der Waals surface area contributed by atoms with Crippen LogP contribution in [0.25, 0.3) is 0 Å². The zero-order valence-electron chi connectivity index (χ0n) is 13.0. The van der Waals surface area contributed by atoms with Gasteiger partial charge in [-0.3, -0.25) is 4.99 Å². The first-order valence-corrected chi connectivity index (χ1v) is 8.44. The molecule has 1 aromatic carbocycles. The lowest BCUT2D eigenvalue weighted by Crippen LogP contribution is -2.46. The molecule has 1 fully saturated rings. The summed E-state index contributed by atoms with van der Waals surface area (Å²) in [4.78, 5) is 4.79. The molecular formula is C17H26N2S. The van der Waals surface area contributed by atoms with Crippen molar-refractivity contribution >= 4 is 16.9 Å². The maximum absolute atomic E-state index is 4.79. The summed E-state index contributed by atoms with van der Waals surface area (Å²) in [6.07, 6.45) is 1.22. The second-order valence-corrected chi connectivity index (χ2v) is 7.74. The average Bonchev–Trinajstić information content (AvgIpc) is 2.45. The predicted octanol–water partition coefficient (Wildman–Crippen LogP) is 4.29. The highest BCUT2D eigenvalue weighted by atomic mass is 32.2. The van der Waals surface area contributed by atoms with Crippen LogP contribution in [0.4, 0.5) is 0 Å². The van der Waals surface area contributed by atoms with Gasteiger partial charge in [0.1, 0.15) is 0 Å². The largest absolute Gasteiger partial charge is 0.362 e. The number of thioether (sulfide) groups is 1. The Bertz CT molecular complexity index is 448. The lowest BCUT2D eigenvalue weighted by atomic mass is 9.85. The molecule has 20 heavy (non-hydrogen) atoms. The van der Waals surface area contributed by atoms with Crippen molar-refractivity contribution in [3.05, 3.63) is 35.9 Å². The van der Waals surface area contributed by atoms with E-state index in [9.17, 15) is 0 Å². The number of rotatable bonds is 3. The fourth-order valence-corrected chi connectivity index (χ4v) is 3.32. The lowest BCUT2D eigenvalue weighted by Gasteiger charge is -2.35. The molecule has 2 nitrogen and oxygen atoms in total. The van der Waals surface area contributed by atoms with Gasteiger partial charge >= 0.3 is 0 Å². The van der Waals surface area contributed by atoms with Crippen LogP contribution in [0, 0.1) is 5.41 Å². The Morgan fingerprint density at radius 2 is 2.00 bits per heavy atom. The van der Waals surface area contributed by atoms with Gasteiger partial charge in [-0.2, -0.15) is 0 Å². The van der Waals surface area contributed by atoms with Crippen molar-refractivity contribution in [3.63, 3.8) is 0 Å². The Balaban J connectivity index is 1.94. The van der Waals surface area contributed by atoms with E-state index in [1.165, 1.54) is 17.7 Å². The first-order chi connectivity index (χ1) is 9.47. The molecule has 0 aliphatic carbocycles. The summed E-state index contributed by atoms with van der Waals surface area (Å²) in [7, 11) is 0. The number of aliphatic imine (C=N–C) groups is 1. The molecule has 0 saturated carbocycles. The molecule has 1 saturated heterocycles. The Labute approximate surface area is 127 Å². The van der Waals surface area contributed by atoms with Gasteiger partial charge in [-0.05, 0) is 17.4 Å². The number of amidine groups is 1. The third kappa shape index (κ3) is 4.27. The summed E-state index contributed by atoms with van der Waals surface area (Å²) < 4.78 is 0. The molecule has 2 unspecified atom stereocenters. The predicted molar refractivity (Wildman–Crippen MR) is 90.6 cm³/mol. The molecule has 110 valence electrons. The van der Waals surface area contributed by atoms with Gasteiger partial charge in [0.15, 0.2) is 5.17 Å². The van der Waals surface area contributed by atoms with Crippen molar-refractivity contribution in [2.24, 2.45) is 10.4 Å². The van der Waals surface area contributed by atoms with Crippen molar-refractivity contribution in [3.8, 4) is 0 Å². The van der Waals surface area contributed by atoms with E-state index in [1.807, 2.05) is 11.8 Å². The number of benzene rings is 1. The van der Waals surface area contributed by atoms with E-state index in [-0.39, 0.29) is 0 Å². The molecule has 0 spiro atoms. The molecule has 0 bridgehead atoms. The Hall–Kier alpha value is -0.960. The average molecular weight is 290 g/mol. The van der Waals surface area contributed by atoms with Crippen LogP contribution in [0.3, 0.4) is 0 Å². The molecule has 0 aromatic heterocycles. The van der Waals surface area contributed by atoms with Gasteiger partial charge in [0.25, 0.3) is 0 Å². The summed E-state index contributed by atoms with van der Waals surface area (Å²) >= 11 is 1.86. The molecule has 0 amide bonds. The summed E-state index contributed by atoms with van der Waals surface area (Å²) in [5, 5.41) is 4.74. The van der Waals surface area contributed by atoms with Crippen molar-refractivity contribution < 1.29 is 0 Å². The normalized spacial score (nSPS) is 23.4. The number of nitrogens with zero attached hydrogens (tertiary/aromatic N) is 1. The first kappa shape index (κ1) is 15.4. The maximum Gasteiger partial charge on any atom is 0.156 e. The summed E-state index contributed by atoms with van der Waals surface area (Å²) in [6, 6.07) is 11.2. The zero-order chi connectivity index (χ0) is 14.6. The van der Waals surface area contributed by atoms with E-state index in [0.29, 0.717) is 17.4 Å². The molecule has 1 N–H and O–H groups in total. The molecule has 2 atom stereocenters. The van der Waals surface area contributed by atoms with Crippen LogP contribution >= 0.6 is 11.8 Å². The van der Waals surface area contributed by atoms with Crippen LogP contribution in [-0.2, 0) is 0 Å². The second-order valence-electron chi connectivity index (χ2n) is 6.66. The van der Waals surface area contributed by atoms with E-state index in [0.717, 1.165) is 11.7 Å². The van der Waals surface area contributed by atoms with E-state index < -0.39 is 0 Å². The van der Waals surface area contributed by atoms with Crippen LogP contribution in [0.15, 0.2) is 35.3 Å². The first-order valence-electron chi connectivity index (χ1n) is 7.45. The van der Waals surface area contributed by atoms with Gasteiger partial charge < -0.3 is 5.32 Å². The van der Waals surface area contributed by atoms with Crippen molar-refractivity contribution in [2.75, 3.05) is 12.3 Å². The van der Waals surface area contributed by atoms with Crippen molar-refractivity contribution in [1.29, 1.82) is 0 Å². The van der Waals surface area contributed by atoms with Crippen LogP contribution in [0.5, 0.6) is 0 Å². The number of hydrogen-bond acceptors (Lipinski definition) is 2. The van der Waals surface area contributed by atoms with Crippen molar-refractivity contribution in [2.45, 2.75) is 46.1 Å². The molecule has 1 heterocycles. The maximum atomic E-state index is 4.79. The van der Waals surface area contributed by atoms with Gasteiger partial charge in [-0.25, -0.2) is 0 Å². The molecule has 1 aliphatic heterocycles. The quantitative estimate of drug-likeness (QED) is 0.898. The Kier molecular flexibility index (Phi) is 5.14. The van der Waals surface area contributed by atoms with Gasteiger partial charge in [-0.1, -0.05) is 69.8 Å². The van der Waals surface area contributed by atoms with Crippen molar-refractivity contribution in [1.82, 2.24) is 5.32 Å². The monoisotopic (exact) mass is 290 g/mol. The fourth-order valence-electron chi connectivity index (χ4n) is 2.38. The summed E-state index contributed by atoms with van der Waals surface area (Å²) in [5.41, 5.74) is 1.66. The number of hydrogen-bond donors (Lipinski definition) is 1. The zero-order valence-corrected chi connectivity index (χ0v) is 13.8. The van der Waals surface area contributed by atoms with Crippen LogP contribution in [0.1, 0.15) is 45.6 Å². The highest BCUT2D eigenvalue weighted by Gasteiger charge is 2.28. The molecule has 0 radical (unpaired) electrons. The van der Waals surface area contributed by atoms with Gasteiger partial charge in [0.05, 0.1) is 0 Å². The minimum atomic E-state index is 0.298. The highest BCUT2D eigenvalue weighted by molar-refractivity contribution is 8.13. The van der Waals surface area contributed by atoms with Gasteiger partial charge in [0.2, 0.25) is 0 Å². The molecular weight excluding hydrogens is 264 g/mol. The van der Waals surface area contributed by atoms with Crippen LogP contribution in [0.2, 0.25) is 0 Å². The SMILES string of the molecule is CC(CN=C1NC(C(C)(C)C)CCS1)c1ccccc1. The highest BCUT2D eigenvalue weighted by Crippen LogP contribution is 2.27.